The van der Waals surface area contributed by atoms with Gasteiger partial charge in [0.25, 0.3) is 0 Å². The van der Waals surface area contributed by atoms with Crippen molar-refractivity contribution in [2.75, 3.05) is 7.05 Å². The second kappa shape index (κ2) is 5.80. The van der Waals surface area contributed by atoms with Crippen LogP contribution in [0.4, 0.5) is 8.78 Å². The van der Waals surface area contributed by atoms with Crippen molar-refractivity contribution in [1.29, 1.82) is 0 Å². The third-order valence-corrected chi connectivity index (χ3v) is 2.72. The van der Waals surface area contributed by atoms with Gasteiger partial charge in [-0.2, -0.15) is 4.39 Å². The lowest BCUT2D eigenvalue weighted by Gasteiger charge is -2.12. The quantitative estimate of drug-likeness (QED) is 0.906. The maximum absolute atomic E-state index is 13.6. The molecular weight excluding hydrogens is 248 g/mol. The molecule has 2 aromatic carbocycles. The molecule has 100 valence electrons. The van der Waals surface area contributed by atoms with Gasteiger partial charge in [-0.05, 0) is 32.2 Å². The molecule has 0 spiro atoms. The fraction of sp³-hybridized carbons (Fsp3) is 0.200. The average Bonchev–Trinajstić information content (AvgIpc) is 2.38. The van der Waals surface area contributed by atoms with Crippen LogP contribution in [0.25, 0.3) is 0 Å². The topological polar surface area (TPSA) is 21.3 Å². The summed E-state index contributed by atoms with van der Waals surface area (Å²) in [6.07, 6.45) is 0. The fourth-order valence-corrected chi connectivity index (χ4v) is 1.82. The van der Waals surface area contributed by atoms with Crippen LogP contribution >= 0.6 is 0 Å². The van der Waals surface area contributed by atoms with Gasteiger partial charge in [-0.3, -0.25) is 0 Å². The summed E-state index contributed by atoms with van der Waals surface area (Å²) in [5, 5.41) is 3.02. The van der Waals surface area contributed by atoms with Crippen LogP contribution in [-0.2, 0) is 6.54 Å². The van der Waals surface area contributed by atoms with Crippen molar-refractivity contribution in [2.24, 2.45) is 0 Å². The Bertz CT molecular complexity index is 584. The van der Waals surface area contributed by atoms with E-state index in [0.29, 0.717) is 12.3 Å². The Kier molecular flexibility index (Phi) is 4.12. The minimum absolute atomic E-state index is 0.110. The van der Waals surface area contributed by atoms with Crippen molar-refractivity contribution >= 4 is 0 Å². The molecule has 2 nitrogen and oxygen atoms in total. The average molecular weight is 263 g/mol. The zero-order chi connectivity index (χ0) is 13.8. The highest BCUT2D eigenvalue weighted by Crippen LogP contribution is 2.29. The zero-order valence-corrected chi connectivity index (χ0v) is 10.8. The lowest BCUT2D eigenvalue weighted by atomic mass is 10.1. The van der Waals surface area contributed by atoms with E-state index in [0.717, 1.165) is 17.2 Å². The molecule has 0 aliphatic heterocycles. The maximum Gasteiger partial charge on any atom is 0.201 e. The van der Waals surface area contributed by atoms with Crippen LogP contribution in [0.2, 0.25) is 0 Å². The highest BCUT2D eigenvalue weighted by molar-refractivity contribution is 5.40. The molecule has 0 saturated carbocycles. The number of benzene rings is 2. The van der Waals surface area contributed by atoms with E-state index in [1.807, 2.05) is 26.1 Å². The molecule has 0 radical (unpaired) electrons. The predicted octanol–water partition coefficient (Wildman–Crippen LogP) is 3.78. The molecule has 2 rings (SSSR count). The normalized spacial score (nSPS) is 10.5. The summed E-state index contributed by atoms with van der Waals surface area (Å²) < 4.78 is 32.2. The first-order valence-corrected chi connectivity index (χ1v) is 5.98. The van der Waals surface area contributed by atoms with Crippen LogP contribution in [0.15, 0.2) is 36.4 Å². The minimum Gasteiger partial charge on any atom is -0.454 e. The summed E-state index contributed by atoms with van der Waals surface area (Å²) in [6, 6.07) is 9.45. The molecule has 19 heavy (non-hydrogen) atoms. The SMILES string of the molecule is CNCc1cc(C)ccc1Oc1cccc(F)c1F. The van der Waals surface area contributed by atoms with Crippen molar-refractivity contribution in [3.05, 3.63) is 59.2 Å². The Morgan fingerprint density at radius 2 is 1.89 bits per heavy atom. The molecule has 0 atom stereocenters. The molecule has 0 aliphatic rings. The molecule has 0 fully saturated rings. The van der Waals surface area contributed by atoms with Gasteiger partial charge in [0.1, 0.15) is 5.75 Å². The molecule has 0 heterocycles. The lowest BCUT2D eigenvalue weighted by molar-refractivity contribution is 0.412. The van der Waals surface area contributed by atoms with E-state index in [4.69, 9.17) is 4.74 Å². The minimum atomic E-state index is -0.974. The molecule has 0 aromatic heterocycles. The van der Waals surface area contributed by atoms with Crippen molar-refractivity contribution in [3.63, 3.8) is 0 Å². The molecule has 0 unspecified atom stereocenters. The third kappa shape index (κ3) is 3.09. The number of nitrogens with one attached hydrogen (secondary N) is 1. The van der Waals surface area contributed by atoms with Gasteiger partial charge < -0.3 is 10.1 Å². The van der Waals surface area contributed by atoms with Gasteiger partial charge in [0.05, 0.1) is 0 Å². The number of rotatable bonds is 4. The first-order valence-electron chi connectivity index (χ1n) is 5.98. The van der Waals surface area contributed by atoms with E-state index in [1.165, 1.54) is 12.1 Å². The molecule has 4 heteroatoms. The Morgan fingerprint density at radius 3 is 2.63 bits per heavy atom. The largest absolute Gasteiger partial charge is 0.454 e. The van der Waals surface area contributed by atoms with Crippen LogP contribution in [0, 0.1) is 18.6 Å². The van der Waals surface area contributed by atoms with Gasteiger partial charge in [-0.1, -0.05) is 23.8 Å². The van der Waals surface area contributed by atoms with Crippen molar-refractivity contribution in [3.8, 4) is 11.5 Å². The number of halogens is 2. The van der Waals surface area contributed by atoms with Gasteiger partial charge in [-0.15, -0.1) is 0 Å². The maximum atomic E-state index is 13.6. The summed E-state index contributed by atoms with van der Waals surface area (Å²) in [4.78, 5) is 0. The standard InChI is InChI=1S/C15H15F2NO/c1-10-6-7-13(11(8-10)9-18-2)19-14-5-3-4-12(16)15(14)17/h3-8,18H,9H2,1-2H3. The van der Waals surface area contributed by atoms with Gasteiger partial charge >= 0.3 is 0 Å². The van der Waals surface area contributed by atoms with E-state index >= 15 is 0 Å². The first kappa shape index (κ1) is 13.5. The van der Waals surface area contributed by atoms with Crippen molar-refractivity contribution in [2.45, 2.75) is 13.5 Å². The second-order valence-electron chi connectivity index (χ2n) is 4.30. The first-order chi connectivity index (χ1) is 9.11. The lowest BCUT2D eigenvalue weighted by Crippen LogP contribution is -2.07. The van der Waals surface area contributed by atoms with Crippen LogP contribution < -0.4 is 10.1 Å². The van der Waals surface area contributed by atoms with Gasteiger partial charge in [0.15, 0.2) is 11.6 Å². The van der Waals surface area contributed by atoms with E-state index in [-0.39, 0.29) is 5.75 Å². The van der Waals surface area contributed by atoms with Crippen molar-refractivity contribution < 1.29 is 13.5 Å². The Morgan fingerprint density at radius 1 is 1.11 bits per heavy atom. The highest BCUT2D eigenvalue weighted by Gasteiger charge is 2.11. The number of hydrogen-bond donors (Lipinski definition) is 1. The molecule has 1 N–H and O–H groups in total. The Labute approximate surface area is 111 Å². The fourth-order valence-electron chi connectivity index (χ4n) is 1.82. The van der Waals surface area contributed by atoms with Crippen LogP contribution in [-0.4, -0.2) is 7.05 Å². The predicted molar refractivity (Wildman–Crippen MR) is 70.4 cm³/mol. The zero-order valence-electron chi connectivity index (χ0n) is 10.8. The second-order valence-corrected chi connectivity index (χ2v) is 4.30. The Balaban J connectivity index is 2.35. The monoisotopic (exact) mass is 263 g/mol. The summed E-state index contributed by atoms with van der Waals surface area (Å²) in [6.45, 7) is 2.56. The van der Waals surface area contributed by atoms with E-state index in [1.54, 1.807) is 6.07 Å². The summed E-state index contributed by atoms with van der Waals surface area (Å²) in [5.41, 5.74) is 1.98. The molecule has 0 bridgehead atoms. The molecule has 0 amide bonds. The molecule has 2 aromatic rings. The molecular formula is C15H15F2NO. The number of aryl methyl sites for hydroxylation is 1. The van der Waals surface area contributed by atoms with Crippen LogP contribution in [0.3, 0.4) is 0 Å². The van der Waals surface area contributed by atoms with Crippen LogP contribution in [0.5, 0.6) is 11.5 Å². The van der Waals surface area contributed by atoms with Gasteiger partial charge in [0.2, 0.25) is 5.82 Å². The van der Waals surface area contributed by atoms with Gasteiger partial charge in [-0.25, -0.2) is 4.39 Å². The van der Waals surface area contributed by atoms with E-state index in [9.17, 15) is 8.78 Å². The molecule has 0 saturated heterocycles. The summed E-state index contributed by atoms with van der Waals surface area (Å²) in [5.74, 6) is -1.48. The summed E-state index contributed by atoms with van der Waals surface area (Å²) in [7, 11) is 1.81. The number of ether oxygens (including phenoxy) is 1. The van der Waals surface area contributed by atoms with E-state index in [2.05, 4.69) is 5.32 Å². The Hall–Kier alpha value is -1.94. The third-order valence-electron chi connectivity index (χ3n) is 2.72. The van der Waals surface area contributed by atoms with E-state index < -0.39 is 11.6 Å². The van der Waals surface area contributed by atoms with Crippen LogP contribution in [0.1, 0.15) is 11.1 Å². The smallest absolute Gasteiger partial charge is 0.201 e. The van der Waals surface area contributed by atoms with Gasteiger partial charge in [0, 0.05) is 12.1 Å². The highest BCUT2D eigenvalue weighted by atomic mass is 19.2. The van der Waals surface area contributed by atoms with Crippen molar-refractivity contribution in [1.82, 2.24) is 5.32 Å². The number of hydrogen-bond acceptors (Lipinski definition) is 2. The molecule has 0 aliphatic carbocycles. The summed E-state index contributed by atoms with van der Waals surface area (Å²) >= 11 is 0.